The number of hydrogen-bond acceptors (Lipinski definition) is 4. The molecule has 19 heavy (non-hydrogen) atoms. The second-order valence-corrected chi connectivity index (χ2v) is 4.90. The highest BCUT2D eigenvalue weighted by Gasteiger charge is 2.15. The number of aryl methyl sites for hydroxylation is 1. The first-order chi connectivity index (χ1) is 8.99. The maximum absolute atomic E-state index is 11.9. The summed E-state index contributed by atoms with van der Waals surface area (Å²) in [6.07, 6.45) is 2.76. The molecule has 0 unspecified atom stereocenters. The van der Waals surface area contributed by atoms with Crippen LogP contribution in [-0.4, -0.2) is 43.0 Å². The van der Waals surface area contributed by atoms with Gasteiger partial charge in [-0.15, -0.1) is 0 Å². The molecule has 0 saturated carbocycles. The van der Waals surface area contributed by atoms with Crippen LogP contribution in [0.1, 0.15) is 24.5 Å². The third-order valence-corrected chi connectivity index (χ3v) is 2.96. The molecule has 0 spiro atoms. The van der Waals surface area contributed by atoms with Crippen LogP contribution in [0.2, 0.25) is 0 Å². The van der Waals surface area contributed by atoms with Crippen molar-refractivity contribution in [2.24, 2.45) is 5.73 Å². The molecule has 1 heterocycles. The summed E-state index contributed by atoms with van der Waals surface area (Å²) in [7, 11) is 3.54. The fourth-order valence-electron chi connectivity index (χ4n) is 1.90. The Morgan fingerprint density at radius 2 is 2.11 bits per heavy atom. The fraction of sp³-hybridized carbons (Fsp3) is 0.571. The Morgan fingerprint density at radius 3 is 2.58 bits per heavy atom. The first-order valence-corrected chi connectivity index (χ1v) is 6.60. The average molecular weight is 264 g/mol. The Bertz CT molecular complexity index is 431. The summed E-state index contributed by atoms with van der Waals surface area (Å²) in [5.74, 6) is 0.951. The number of nitrogens with zero attached hydrogens (tertiary/aromatic N) is 3. The Balaban J connectivity index is 2.95. The second-order valence-electron chi connectivity index (χ2n) is 4.90. The summed E-state index contributed by atoms with van der Waals surface area (Å²) in [6, 6.07) is 2.03. The van der Waals surface area contributed by atoms with E-state index in [2.05, 4.69) is 11.9 Å². The molecule has 1 aromatic rings. The first kappa shape index (κ1) is 15.4. The Kier molecular flexibility index (Phi) is 5.76. The van der Waals surface area contributed by atoms with E-state index in [1.807, 2.05) is 17.9 Å². The molecular weight excluding hydrogens is 240 g/mol. The zero-order chi connectivity index (χ0) is 14.4. The van der Waals surface area contributed by atoms with Crippen molar-refractivity contribution in [3.05, 3.63) is 23.4 Å². The van der Waals surface area contributed by atoms with Crippen LogP contribution >= 0.6 is 0 Å². The number of likely N-dealkylation sites (N-methyl/N-ethyl adjacent to an activating group) is 1. The van der Waals surface area contributed by atoms with Gasteiger partial charge in [0, 0.05) is 33.4 Å². The molecule has 1 rings (SSSR count). The molecule has 0 aliphatic rings. The minimum Gasteiger partial charge on any atom is -0.347 e. The van der Waals surface area contributed by atoms with Gasteiger partial charge in [-0.1, -0.05) is 6.92 Å². The van der Waals surface area contributed by atoms with Crippen molar-refractivity contribution in [3.8, 4) is 0 Å². The number of rotatable bonds is 6. The van der Waals surface area contributed by atoms with Crippen LogP contribution in [0.4, 0.5) is 5.82 Å². The van der Waals surface area contributed by atoms with Crippen LogP contribution in [0.3, 0.4) is 0 Å². The molecule has 2 N–H and O–H groups in total. The highest BCUT2D eigenvalue weighted by atomic mass is 16.2. The molecule has 0 aliphatic carbocycles. The fourth-order valence-corrected chi connectivity index (χ4v) is 1.90. The smallest absolute Gasteiger partial charge is 0.241 e. The topological polar surface area (TPSA) is 62.5 Å². The Labute approximate surface area is 115 Å². The highest BCUT2D eigenvalue weighted by molar-refractivity contribution is 5.80. The van der Waals surface area contributed by atoms with E-state index in [1.54, 1.807) is 25.2 Å². The van der Waals surface area contributed by atoms with Crippen LogP contribution in [0.25, 0.3) is 0 Å². The highest BCUT2D eigenvalue weighted by Crippen LogP contribution is 2.18. The van der Waals surface area contributed by atoms with Crippen LogP contribution in [0, 0.1) is 6.92 Å². The summed E-state index contributed by atoms with van der Waals surface area (Å²) >= 11 is 0. The van der Waals surface area contributed by atoms with Crippen LogP contribution in [-0.2, 0) is 11.3 Å². The predicted molar refractivity (Wildman–Crippen MR) is 78.1 cm³/mol. The van der Waals surface area contributed by atoms with Gasteiger partial charge in [0.15, 0.2) is 0 Å². The number of anilines is 1. The maximum Gasteiger partial charge on any atom is 0.241 e. The predicted octanol–water partition coefficient (Wildman–Crippen LogP) is 1.15. The van der Waals surface area contributed by atoms with Gasteiger partial charge in [-0.25, -0.2) is 4.98 Å². The zero-order valence-corrected chi connectivity index (χ0v) is 12.3. The minimum atomic E-state index is 0.0811. The molecule has 0 aromatic carbocycles. The monoisotopic (exact) mass is 264 g/mol. The Morgan fingerprint density at radius 1 is 1.42 bits per heavy atom. The van der Waals surface area contributed by atoms with Gasteiger partial charge in [0.25, 0.3) is 0 Å². The van der Waals surface area contributed by atoms with Crippen molar-refractivity contribution >= 4 is 11.7 Å². The van der Waals surface area contributed by atoms with Gasteiger partial charge in [-0.2, -0.15) is 0 Å². The number of nitrogens with two attached hydrogens (primary N) is 1. The van der Waals surface area contributed by atoms with Crippen molar-refractivity contribution in [1.29, 1.82) is 0 Å². The molecule has 0 aliphatic heterocycles. The molecule has 0 bridgehead atoms. The van der Waals surface area contributed by atoms with E-state index in [-0.39, 0.29) is 5.91 Å². The summed E-state index contributed by atoms with van der Waals surface area (Å²) in [4.78, 5) is 20.0. The molecule has 0 atom stereocenters. The molecule has 0 radical (unpaired) electrons. The SMILES string of the molecule is CCCN(CC(=O)N(C)C)c1ncc(CN)cc1C. The van der Waals surface area contributed by atoms with Crippen LogP contribution < -0.4 is 10.6 Å². The third kappa shape index (κ3) is 4.21. The molecule has 1 aromatic heterocycles. The van der Waals surface area contributed by atoms with Crippen LogP contribution in [0.5, 0.6) is 0 Å². The maximum atomic E-state index is 11.9. The van der Waals surface area contributed by atoms with E-state index in [1.165, 1.54) is 0 Å². The number of aromatic nitrogens is 1. The molecule has 0 saturated heterocycles. The van der Waals surface area contributed by atoms with Crippen molar-refractivity contribution < 1.29 is 4.79 Å². The van der Waals surface area contributed by atoms with Gasteiger partial charge >= 0.3 is 0 Å². The quantitative estimate of drug-likeness (QED) is 0.837. The van der Waals surface area contributed by atoms with E-state index >= 15 is 0 Å². The lowest BCUT2D eigenvalue weighted by molar-refractivity contribution is -0.127. The number of hydrogen-bond donors (Lipinski definition) is 1. The van der Waals surface area contributed by atoms with E-state index < -0.39 is 0 Å². The number of amides is 1. The normalized spacial score (nSPS) is 10.4. The van der Waals surface area contributed by atoms with Crippen molar-refractivity contribution in [2.75, 3.05) is 32.1 Å². The van der Waals surface area contributed by atoms with Gasteiger partial charge in [-0.3, -0.25) is 4.79 Å². The largest absolute Gasteiger partial charge is 0.347 e. The molecular formula is C14H24N4O. The van der Waals surface area contributed by atoms with Gasteiger partial charge in [-0.05, 0) is 30.5 Å². The first-order valence-electron chi connectivity index (χ1n) is 6.60. The van der Waals surface area contributed by atoms with Gasteiger partial charge in [0.05, 0.1) is 6.54 Å². The summed E-state index contributed by atoms with van der Waals surface area (Å²) in [6.45, 7) is 5.76. The van der Waals surface area contributed by atoms with Gasteiger partial charge in [0.1, 0.15) is 5.82 Å². The van der Waals surface area contributed by atoms with E-state index in [0.29, 0.717) is 13.1 Å². The number of pyridine rings is 1. The molecule has 0 fully saturated rings. The van der Waals surface area contributed by atoms with Crippen molar-refractivity contribution in [1.82, 2.24) is 9.88 Å². The van der Waals surface area contributed by atoms with Crippen LogP contribution in [0.15, 0.2) is 12.3 Å². The molecule has 5 heteroatoms. The molecule has 106 valence electrons. The summed E-state index contributed by atoms with van der Waals surface area (Å²) < 4.78 is 0. The lowest BCUT2D eigenvalue weighted by Gasteiger charge is -2.25. The third-order valence-electron chi connectivity index (χ3n) is 2.96. The standard InChI is InChI=1S/C14H24N4O/c1-5-6-18(10-13(19)17(3)4)14-11(2)7-12(8-15)9-16-14/h7,9H,5-6,8,10,15H2,1-4H3. The minimum absolute atomic E-state index is 0.0811. The van der Waals surface area contributed by atoms with E-state index in [4.69, 9.17) is 5.73 Å². The molecule has 1 amide bonds. The Hall–Kier alpha value is -1.62. The van der Waals surface area contributed by atoms with E-state index in [9.17, 15) is 4.79 Å². The van der Waals surface area contributed by atoms with Gasteiger partial charge in [0.2, 0.25) is 5.91 Å². The summed E-state index contributed by atoms with van der Waals surface area (Å²) in [5.41, 5.74) is 7.68. The van der Waals surface area contributed by atoms with E-state index in [0.717, 1.165) is 29.9 Å². The zero-order valence-electron chi connectivity index (χ0n) is 12.3. The summed E-state index contributed by atoms with van der Waals surface area (Å²) in [5, 5.41) is 0. The number of carbonyl (C=O) groups is 1. The van der Waals surface area contributed by atoms with Gasteiger partial charge < -0.3 is 15.5 Å². The van der Waals surface area contributed by atoms with Crippen molar-refractivity contribution in [3.63, 3.8) is 0 Å². The number of carbonyl (C=O) groups excluding carboxylic acids is 1. The molecule has 5 nitrogen and oxygen atoms in total. The van der Waals surface area contributed by atoms with Crippen molar-refractivity contribution in [2.45, 2.75) is 26.8 Å². The lowest BCUT2D eigenvalue weighted by atomic mass is 10.2. The lowest BCUT2D eigenvalue weighted by Crippen LogP contribution is -2.38. The second kappa shape index (κ2) is 7.09. The average Bonchev–Trinajstić information content (AvgIpc) is 2.37.